The van der Waals surface area contributed by atoms with E-state index in [0.29, 0.717) is 6.42 Å². The van der Waals surface area contributed by atoms with Crippen molar-refractivity contribution < 1.29 is 23.1 Å². The Hall–Kier alpha value is -0.220. The molecule has 0 N–H and O–H groups in total. The lowest BCUT2D eigenvalue weighted by atomic mass is 9.97. The summed E-state index contributed by atoms with van der Waals surface area (Å²) in [6.45, 7) is 2.19. The van der Waals surface area contributed by atoms with E-state index >= 15 is 0 Å². The van der Waals surface area contributed by atoms with Crippen LogP contribution in [0.1, 0.15) is 58.3 Å². The lowest BCUT2D eigenvalue weighted by molar-refractivity contribution is -0.123. The summed E-state index contributed by atoms with van der Waals surface area (Å²) in [5.41, 5.74) is 0. The highest BCUT2D eigenvalue weighted by Crippen LogP contribution is 2.46. The van der Waals surface area contributed by atoms with E-state index in [-0.39, 0.29) is 24.2 Å². The Kier molecular flexibility index (Phi) is 8.72. The van der Waals surface area contributed by atoms with Gasteiger partial charge < -0.3 is 13.8 Å². The molecule has 0 saturated carbocycles. The molecule has 0 aromatic rings. The number of carbonyl (C=O) groups excluding carboxylic acids is 1. The number of ether oxygens (including phenoxy) is 1. The molecule has 0 radical (unpaired) electrons. The molecule has 5 nitrogen and oxygen atoms in total. The molecule has 21 heavy (non-hydrogen) atoms. The van der Waals surface area contributed by atoms with Gasteiger partial charge in [-0.15, -0.1) is 0 Å². The minimum absolute atomic E-state index is 0.0416. The van der Waals surface area contributed by atoms with Gasteiger partial charge >= 0.3 is 7.60 Å². The van der Waals surface area contributed by atoms with E-state index in [1.165, 1.54) is 33.5 Å². The normalized spacial score (nSPS) is 23.2. The smallest absolute Gasteiger partial charge is 0.337 e. The molecule has 0 bridgehead atoms. The van der Waals surface area contributed by atoms with Crippen molar-refractivity contribution in [1.82, 2.24) is 0 Å². The Balaban J connectivity index is 2.36. The van der Waals surface area contributed by atoms with E-state index in [0.717, 1.165) is 25.7 Å². The first kappa shape index (κ1) is 18.8. The van der Waals surface area contributed by atoms with Gasteiger partial charge in [0.1, 0.15) is 11.9 Å². The molecule has 1 aliphatic heterocycles. The molecule has 1 rings (SSSR count). The van der Waals surface area contributed by atoms with Crippen molar-refractivity contribution in [3.8, 4) is 0 Å². The molecule has 1 heterocycles. The van der Waals surface area contributed by atoms with Crippen molar-refractivity contribution in [1.29, 1.82) is 0 Å². The summed E-state index contributed by atoms with van der Waals surface area (Å²) in [5, 5.41) is 0. The van der Waals surface area contributed by atoms with Crippen molar-refractivity contribution >= 4 is 13.4 Å². The first-order valence-corrected chi connectivity index (χ1v) is 9.63. The number of hydrogen-bond acceptors (Lipinski definition) is 5. The van der Waals surface area contributed by atoms with Crippen molar-refractivity contribution in [3.63, 3.8) is 0 Å². The third-order valence-corrected chi connectivity index (χ3v) is 5.80. The van der Waals surface area contributed by atoms with Crippen LogP contribution in [0.15, 0.2) is 0 Å². The van der Waals surface area contributed by atoms with Gasteiger partial charge in [-0.25, -0.2) is 0 Å². The van der Waals surface area contributed by atoms with Crippen LogP contribution >= 0.6 is 7.60 Å². The van der Waals surface area contributed by atoms with Gasteiger partial charge in [0.15, 0.2) is 0 Å². The highest BCUT2D eigenvalue weighted by atomic mass is 31.2. The highest BCUT2D eigenvalue weighted by molar-refractivity contribution is 7.54. The molecule has 0 aliphatic carbocycles. The minimum atomic E-state index is -3.25. The first-order chi connectivity index (χ1) is 10.0. The van der Waals surface area contributed by atoms with Gasteiger partial charge in [0.25, 0.3) is 0 Å². The van der Waals surface area contributed by atoms with Crippen molar-refractivity contribution in [2.45, 2.75) is 70.5 Å². The molecule has 0 unspecified atom stereocenters. The lowest BCUT2D eigenvalue weighted by Crippen LogP contribution is -2.30. The molecule has 1 fully saturated rings. The van der Waals surface area contributed by atoms with Crippen LogP contribution < -0.4 is 0 Å². The monoisotopic (exact) mass is 320 g/mol. The Morgan fingerprint density at radius 3 is 2.48 bits per heavy atom. The minimum Gasteiger partial charge on any atom is -0.375 e. The number of unbranched alkanes of at least 4 members (excludes halogenated alkanes) is 2. The molecule has 2 atom stereocenters. The number of Topliss-reactive ketones (excluding diaryl/α,β-unsaturated/α-hetero) is 1. The molecular weight excluding hydrogens is 291 g/mol. The van der Waals surface area contributed by atoms with Crippen LogP contribution in [0, 0.1) is 0 Å². The zero-order valence-electron chi connectivity index (χ0n) is 13.5. The largest absolute Gasteiger partial charge is 0.375 e. The van der Waals surface area contributed by atoms with Crippen LogP contribution in [-0.2, 0) is 23.1 Å². The van der Waals surface area contributed by atoms with Gasteiger partial charge in [0.2, 0.25) is 0 Å². The Labute approximate surface area is 128 Å². The third-order valence-electron chi connectivity index (χ3n) is 3.95. The summed E-state index contributed by atoms with van der Waals surface area (Å²) < 4.78 is 27.5. The zero-order valence-corrected chi connectivity index (χ0v) is 14.4. The zero-order chi connectivity index (χ0) is 15.7. The molecule has 6 heteroatoms. The fourth-order valence-corrected chi connectivity index (χ4v) is 3.67. The Morgan fingerprint density at radius 1 is 1.19 bits per heavy atom. The summed E-state index contributed by atoms with van der Waals surface area (Å²) >= 11 is 0. The van der Waals surface area contributed by atoms with Crippen LogP contribution in [-0.4, -0.2) is 38.4 Å². The van der Waals surface area contributed by atoms with Crippen molar-refractivity contribution in [3.05, 3.63) is 0 Å². The summed E-state index contributed by atoms with van der Waals surface area (Å²) in [6, 6.07) is 0. The molecule has 1 saturated heterocycles. The molecular formula is C15H29O5P. The van der Waals surface area contributed by atoms with E-state index in [1.807, 2.05) is 0 Å². The standard InChI is InChI=1S/C15H29O5P/c1-4-5-6-8-14-9-7-10-15(20-14)11-13(16)12-21(17,18-2)19-3/h14-15H,4-12H2,1-3H3/t14-,15-/m0/s1. The predicted molar refractivity (Wildman–Crippen MR) is 82.8 cm³/mol. The van der Waals surface area contributed by atoms with Gasteiger partial charge in [-0.2, -0.15) is 0 Å². The van der Waals surface area contributed by atoms with Crippen LogP contribution in [0.2, 0.25) is 0 Å². The number of rotatable bonds is 10. The second kappa shape index (κ2) is 9.73. The fourth-order valence-electron chi connectivity index (χ4n) is 2.70. The lowest BCUT2D eigenvalue weighted by Gasteiger charge is -2.30. The number of hydrogen-bond donors (Lipinski definition) is 0. The molecule has 0 aromatic carbocycles. The quantitative estimate of drug-likeness (QED) is 0.450. The van der Waals surface area contributed by atoms with E-state index in [4.69, 9.17) is 13.8 Å². The topological polar surface area (TPSA) is 61.8 Å². The average molecular weight is 320 g/mol. The molecule has 0 aromatic heterocycles. The summed E-state index contributed by atoms with van der Waals surface area (Å²) in [5.74, 6) is -0.110. The Bertz CT molecular complexity index is 350. The van der Waals surface area contributed by atoms with Crippen LogP contribution in [0.5, 0.6) is 0 Å². The SMILES string of the molecule is CCCCC[C@H]1CCC[C@@H](CC(=O)CP(=O)(OC)OC)O1. The maximum atomic E-state index is 12.0. The van der Waals surface area contributed by atoms with Gasteiger partial charge in [0.05, 0.1) is 12.2 Å². The maximum Gasteiger partial charge on any atom is 0.337 e. The van der Waals surface area contributed by atoms with E-state index in [1.54, 1.807) is 0 Å². The summed E-state index contributed by atoms with van der Waals surface area (Å²) in [7, 11) is -0.639. The predicted octanol–water partition coefficient (Wildman–Crippen LogP) is 3.95. The van der Waals surface area contributed by atoms with Crippen molar-refractivity contribution in [2.75, 3.05) is 20.4 Å². The fraction of sp³-hybridized carbons (Fsp3) is 0.933. The molecule has 0 amide bonds. The van der Waals surface area contributed by atoms with Gasteiger partial charge in [-0.05, 0) is 25.7 Å². The molecule has 1 aliphatic rings. The van der Waals surface area contributed by atoms with Crippen molar-refractivity contribution in [2.24, 2.45) is 0 Å². The average Bonchev–Trinajstić information content (AvgIpc) is 2.47. The maximum absolute atomic E-state index is 12.0. The van der Waals surface area contributed by atoms with Gasteiger partial charge in [-0.1, -0.05) is 26.2 Å². The second-order valence-electron chi connectivity index (χ2n) is 5.68. The van der Waals surface area contributed by atoms with Crippen LogP contribution in [0.25, 0.3) is 0 Å². The Morgan fingerprint density at radius 2 is 1.86 bits per heavy atom. The molecule has 124 valence electrons. The number of carbonyl (C=O) groups is 1. The van der Waals surface area contributed by atoms with Gasteiger partial charge in [-0.3, -0.25) is 9.36 Å². The van der Waals surface area contributed by atoms with Crippen LogP contribution in [0.3, 0.4) is 0 Å². The van der Waals surface area contributed by atoms with E-state index in [9.17, 15) is 9.36 Å². The van der Waals surface area contributed by atoms with Crippen LogP contribution in [0.4, 0.5) is 0 Å². The second-order valence-corrected chi connectivity index (χ2v) is 7.95. The summed E-state index contributed by atoms with van der Waals surface area (Å²) in [4.78, 5) is 12.0. The number of ketones is 1. The summed E-state index contributed by atoms with van der Waals surface area (Å²) in [6.07, 6.45) is 8.16. The van der Waals surface area contributed by atoms with E-state index in [2.05, 4.69) is 6.92 Å². The first-order valence-electron chi connectivity index (χ1n) is 7.90. The molecule has 0 spiro atoms. The third kappa shape index (κ3) is 7.05. The van der Waals surface area contributed by atoms with E-state index < -0.39 is 7.60 Å². The van der Waals surface area contributed by atoms with Gasteiger partial charge in [0, 0.05) is 20.6 Å². The highest BCUT2D eigenvalue weighted by Gasteiger charge is 2.29.